The third-order valence-corrected chi connectivity index (χ3v) is 3.30. The van der Waals surface area contributed by atoms with Crippen molar-refractivity contribution in [2.75, 3.05) is 25.6 Å². The van der Waals surface area contributed by atoms with E-state index in [1.807, 2.05) is 0 Å². The fourth-order valence-corrected chi connectivity index (χ4v) is 2.11. The maximum Gasteiger partial charge on any atom is 0.337 e. The number of anilines is 1. The second kappa shape index (κ2) is 6.07. The molecule has 1 aliphatic heterocycles. The van der Waals surface area contributed by atoms with Crippen molar-refractivity contribution in [2.24, 2.45) is 0 Å². The van der Waals surface area contributed by atoms with Crippen LogP contribution in [-0.4, -0.2) is 32.3 Å². The molecule has 0 aromatic heterocycles. The molecule has 1 aromatic carbocycles. The van der Waals surface area contributed by atoms with E-state index in [0.29, 0.717) is 16.6 Å². The van der Waals surface area contributed by atoms with Gasteiger partial charge in [-0.3, -0.25) is 0 Å². The topological polar surface area (TPSA) is 47.6 Å². The summed E-state index contributed by atoms with van der Waals surface area (Å²) in [5.74, 6) is -0.360. The van der Waals surface area contributed by atoms with E-state index in [9.17, 15) is 4.79 Å². The highest BCUT2D eigenvalue weighted by molar-refractivity contribution is 6.33. The Hall–Kier alpha value is -1.26. The summed E-state index contributed by atoms with van der Waals surface area (Å²) in [6.07, 6.45) is 1.89. The third kappa shape index (κ3) is 3.15. The number of carbonyl (C=O) groups excluding carboxylic acids is 1. The van der Waals surface area contributed by atoms with Crippen LogP contribution in [0.5, 0.6) is 0 Å². The van der Waals surface area contributed by atoms with Gasteiger partial charge in [0.2, 0.25) is 0 Å². The zero-order chi connectivity index (χ0) is 13.0. The first-order valence-corrected chi connectivity index (χ1v) is 6.30. The number of hydrogen-bond donors (Lipinski definition) is 1. The zero-order valence-electron chi connectivity index (χ0n) is 10.2. The van der Waals surface area contributed by atoms with Gasteiger partial charge in [-0.05, 0) is 31.0 Å². The number of carbonyl (C=O) groups is 1. The molecule has 5 heteroatoms. The molecule has 98 valence electrons. The molecule has 18 heavy (non-hydrogen) atoms. The average Bonchev–Trinajstić information content (AvgIpc) is 2.41. The molecule has 0 radical (unpaired) electrons. The Kier molecular flexibility index (Phi) is 4.44. The van der Waals surface area contributed by atoms with E-state index in [4.69, 9.17) is 21.1 Å². The lowest BCUT2D eigenvalue weighted by Gasteiger charge is -2.24. The first-order chi connectivity index (χ1) is 8.70. The number of methoxy groups -OCH3 is 1. The number of halogens is 1. The second-order valence-electron chi connectivity index (χ2n) is 4.22. The van der Waals surface area contributed by atoms with Crippen molar-refractivity contribution in [1.82, 2.24) is 0 Å². The number of benzene rings is 1. The molecule has 1 heterocycles. The molecule has 1 saturated heterocycles. The van der Waals surface area contributed by atoms with Gasteiger partial charge in [0, 0.05) is 19.3 Å². The van der Waals surface area contributed by atoms with Crippen LogP contribution in [0.2, 0.25) is 5.02 Å². The number of hydrogen-bond acceptors (Lipinski definition) is 4. The highest BCUT2D eigenvalue weighted by Crippen LogP contribution is 2.25. The lowest BCUT2D eigenvalue weighted by Crippen LogP contribution is -2.28. The van der Waals surface area contributed by atoms with Crippen LogP contribution in [0.1, 0.15) is 23.2 Å². The zero-order valence-corrected chi connectivity index (χ0v) is 11.0. The van der Waals surface area contributed by atoms with Crippen molar-refractivity contribution in [3.8, 4) is 0 Å². The number of ether oxygens (including phenoxy) is 2. The van der Waals surface area contributed by atoms with Gasteiger partial charge >= 0.3 is 5.97 Å². The highest BCUT2D eigenvalue weighted by Gasteiger charge is 2.16. The highest BCUT2D eigenvalue weighted by atomic mass is 35.5. The van der Waals surface area contributed by atoms with Gasteiger partial charge in [-0.15, -0.1) is 0 Å². The Balaban J connectivity index is 2.12. The minimum absolute atomic E-state index is 0.337. The van der Waals surface area contributed by atoms with Crippen LogP contribution in [0, 0.1) is 0 Å². The van der Waals surface area contributed by atoms with Crippen molar-refractivity contribution >= 4 is 23.3 Å². The Morgan fingerprint density at radius 1 is 1.44 bits per heavy atom. The van der Waals surface area contributed by atoms with Gasteiger partial charge in [0.1, 0.15) is 0 Å². The molecule has 1 fully saturated rings. The third-order valence-electron chi connectivity index (χ3n) is 2.97. The fraction of sp³-hybridized carbons (Fsp3) is 0.462. The number of rotatable bonds is 3. The SMILES string of the molecule is COC(=O)c1ccc(Cl)c(NC2CCOCC2)c1. The normalized spacial score (nSPS) is 16.3. The van der Waals surface area contributed by atoms with Gasteiger partial charge in [0.05, 0.1) is 23.4 Å². The number of esters is 1. The van der Waals surface area contributed by atoms with Crippen LogP contribution in [0.3, 0.4) is 0 Å². The van der Waals surface area contributed by atoms with Crippen LogP contribution in [-0.2, 0) is 9.47 Å². The molecule has 0 spiro atoms. The molecular weight excluding hydrogens is 254 g/mol. The standard InChI is InChI=1S/C13H16ClNO3/c1-17-13(16)9-2-3-11(14)12(8-9)15-10-4-6-18-7-5-10/h2-3,8,10,15H,4-7H2,1H3. The van der Waals surface area contributed by atoms with Crippen molar-refractivity contribution in [3.05, 3.63) is 28.8 Å². The molecule has 1 aromatic rings. The van der Waals surface area contributed by atoms with Crippen molar-refractivity contribution in [1.29, 1.82) is 0 Å². The van der Waals surface area contributed by atoms with E-state index in [1.165, 1.54) is 7.11 Å². The van der Waals surface area contributed by atoms with E-state index < -0.39 is 0 Å². The molecule has 2 rings (SSSR count). The maximum absolute atomic E-state index is 11.5. The van der Waals surface area contributed by atoms with Crippen molar-refractivity contribution < 1.29 is 14.3 Å². The van der Waals surface area contributed by atoms with Crippen LogP contribution in [0.25, 0.3) is 0 Å². The molecule has 0 saturated carbocycles. The van der Waals surface area contributed by atoms with Crippen molar-refractivity contribution in [2.45, 2.75) is 18.9 Å². The van der Waals surface area contributed by atoms with Gasteiger partial charge in [-0.2, -0.15) is 0 Å². The van der Waals surface area contributed by atoms with E-state index in [2.05, 4.69) is 5.32 Å². The summed E-state index contributed by atoms with van der Waals surface area (Å²) < 4.78 is 9.99. The predicted molar refractivity (Wildman–Crippen MR) is 70.3 cm³/mol. The minimum Gasteiger partial charge on any atom is -0.465 e. The molecule has 1 aliphatic rings. The first kappa shape index (κ1) is 13.2. The summed E-state index contributed by atoms with van der Waals surface area (Å²) in [6, 6.07) is 5.42. The average molecular weight is 270 g/mol. The molecule has 0 bridgehead atoms. The van der Waals surface area contributed by atoms with Gasteiger partial charge < -0.3 is 14.8 Å². The molecule has 4 nitrogen and oxygen atoms in total. The smallest absolute Gasteiger partial charge is 0.337 e. The van der Waals surface area contributed by atoms with E-state index in [0.717, 1.165) is 31.7 Å². The van der Waals surface area contributed by atoms with E-state index in [1.54, 1.807) is 18.2 Å². The molecule has 1 N–H and O–H groups in total. The summed E-state index contributed by atoms with van der Waals surface area (Å²) in [6.45, 7) is 1.51. The Morgan fingerprint density at radius 2 is 2.17 bits per heavy atom. The minimum atomic E-state index is -0.360. The lowest BCUT2D eigenvalue weighted by atomic mass is 10.1. The summed E-state index contributed by atoms with van der Waals surface area (Å²) >= 11 is 6.12. The van der Waals surface area contributed by atoms with Crippen LogP contribution in [0.4, 0.5) is 5.69 Å². The number of nitrogens with one attached hydrogen (secondary N) is 1. The maximum atomic E-state index is 11.5. The van der Waals surface area contributed by atoms with Gasteiger partial charge in [-0.25, -0.2) is 4.79 Å². The molecule has 0 amide bonds. The second-order valence-corrected chi connectivity index (χ2v) is 4.62. The quantitative estimate of drug-likeness (QED) is 0.857. The van der Waals surface area contributed by atoms with Crippen LogP contribution >= 0.6 is 11.6 Å². The Morgan fingerprint density at radius 3 is 2.83 bits per heavy atom. The predicted octanol–water partition coefficient (Wildman–Crippen LogP) is 2.72. The van der Waals surface area contributed by atoms with Crippen LogP contribution < -0.4 is 5.32 Å². The van der Waals surface area contributed by atoms with Crippen LogP contribution in [0.15, 0.2) is 18.2 Å². The lowest BCUT2D eigenvalue weighted by molar-refractivity contribution is 0.0600. The summed E-state index contributed by atoms with van der Waals surface area (Å²) in [5, 5.41) is 3.95. The Labute approximate surface area is 111 Å². The molecule has 0 unspecified atom stereocenters. The largest absolute Gasteiger partial charge is 0.465 e. The van der Waals surface area contributed by atoms with E-state index >= 15 is 0 Å². The van der Waals surface area contributed by atoms with E-state index in [-0.39, 0.29) is 5.97 Å². The molecular formula is C13H16ClNO3. The van der Waals surface area contributed by atoms with Gasteiger partial charge in [-0.1, -0.05) is 11.6 Å². The first-order valence-electron chi connectivity index (χ1n) is 5.93. The van der Waals surface area contributed by atoms with Gasteiger partial charge in [0.25, 0.3) is 0 Å². The molecule has 0 atom stereocenters. The summed E-state index contributed by atoms with van der Waals surface area (Å²) in [4.78, 5) is 11.5. The van der Waals surface area contributed by atoms with Crippen molar-refractivity contribution in [3.63, 3.8) is 0 Å². The Bertz CT molecular complexity index is 430. The molecule has 0 aliphatic carbocycles. The summed E-state index contributed by atoms with van der Waals surface area (Å²) in [7, 11) is 1.36. The summed E-state index contributed by atoms with van der Waals surface area (Å²) in [5.41, 5.74) is 1.27. The fourth-order valence-electron chi connectivity index (χ4n) is 1.94. The van der Waals surface area contributed by atoms with Gasteiger partial charge in [0.15, 0.2) is 0 Å². The monoisotopic (exact) mass is 269 g/mol.